The maximum absolute atomic E-state index is 6.75. The molecule has 0 bridgehead atoms. The van der Waals surface area contributed by atoms with Crippen molar-refractivity contribution in [3.05, 3.63) is 204 Å². The summed E-state index contributed by atoms with van der Waals surface area (Å²) in [5, 5.41) is 6.35. The lowest BCUT2D eigenvalue weighted by atomic mass is 9.66. The van der Waals surface area contributed by atoms with Crippen molar-refractivity contribution >= 4 is 42.9 Å². The summed E-state index contributed by atoms with van der Waals surface area (Å²) in [6, 6.07) is 65.8. The van der Waals surface area contributed by atoms with E-state index in [2.05, 4.69) is 187 Å². The molecule has 1 aliphatic heterocycles. The predicted octanol–water partition coefficient (Wildman–Crippen LogP) is 13.6. The molecule has 1 N–H and O–H groups in total. The zero-order valence-corrected chi connectivity index (χ0v) is 29.0. The Morgan fingerprint density at radius 1 is 0.404 bits per heavy atom. The van der Waals surface area contributed by atoms with Gasteiger partial charge in [-0.1, -0.05) is 140 Å². The number of anilines is 2. The van der Waals surface area contributed by atoms with E-state index in [9.17, 15) is 0 Å². The van der Waals surface area contributed by atoms with Gasteiger partial charge in [-0.25, -0.2) is 0 Å². The fraction of sp³-hybridized carbons (Fsp3) is 0.0204. The number of rotatable bonds is 4. The molecule has 0 unspecified atom stereocenters. The zero-order valence-electron chi connectivity index (χ0n) is 28.1. The van der Waals surface area contributed by atoms with Crippen molar-refractivity contribution in [1.29, 1.82) is 0 Å². The highest BCUT2D eigenvalue weighted by Crippen LogP contribution is 2.62. The van der Waals surface area contributed by atoms with Crippen LogP contribution >= 0.6 is 11.3 Å². The molecule has 0 saturated heterocycles. The molecule has 1 aliphatic carbocycles. The predicted molar refractivity (Wildman–Crippen MR) is 217 cm³/mol. The standard InChI is InChI=1S/C49H31NOS/c1-5-15-40-36(12-1)37-13-2-6-16-41(37)49(40)42-17-7-9-19-45(42)51-46-29-32(24-28-43(46)49)31-21-25-34(26-22-31)50-44-18-8-3-11-35(44)33-23-27-39-38-14-4-10-20-47(38)52-48(39)30-33/h1-30,50H. The molecule has 2 aliphatic rings. The van der Waals surface area contributed by atoms with E-state index in [0.717, 1.165) is 34.0 Å². The summed E-state index contributed by atoms with van der Waals surface area (Å²) < 4.78 is 9.38. The van der Waals surface area contributed by atoms with Gasteiger partial charge in [-0.3, -0.25) is 0 Å². The first-order chi connectivity index (χ1) is 25.8. The third-order valence-electron chi connectivity index (χ3n) is 11.0. The second kappa shape index (κ2) is 11.3. The summed E-state index contributed by atoms with van der Waals surface area (Å²) >= 11 is 1.86. The van der Waals surface area contributed by atoms with E-state index < -0.39 is 5.41 Å². The van der Waals surface area contributed by atoms with Gasteiger partial charge in [0.25, 0.3) is 0 Å². The van der Waals surface area contributed by atoms with Gasteiger partial charge in [-0.05, 0) is 81.4 Å². The van der Waals surface area contributed by atoms with Gasteiger partial charge >= 0.3 is 0 Å². The molecule has 1 aromatic heterocycles. The molecule has 8 aromatic carbocycles. The molecule has 2 heterocycles. The molecule has 0 atom stereocenters. The Morgan fingerprint density at radius 3 is 1.81 bits per heavy atom. The smallest absolute Gasteiger partial charge is 0.132 e. The lowest BCUT2D eigenvalue weighted by Gasteiger charge is -2.39. The van der Waals surface area contributed by atoms with E-state index in [1.54, 1.807) is 0 Å². The van der Waals surface area contributed by atoms with Crippen LogP contribution in [0.5, 0.6) is 11.5 Å². The topological polar surface area (TPSA) is 21.3 Å². The Bertz CT molecular complexity index is 2820. The average Bonchev–Trinajstić information content (AvgIpc) is 3.72. The van der Waals surface area contributed by atoms with Gasteiger partial charge in [0.1, 0.15) is 11.5 Å². The largest absolute Gasteiger partial charge is 0.457 e. The minimum Gasteiger partial charge on any atom is -0.457 e. The number of hydrogen-bond donors (Lipinski definition) is 1. The van der Waals surface area contributed by atoms with Crippen LogP contribution in [0, 0.1) is 0 Å². The molecular weight excluding hydrogens is 651 g/mol. The average molecular weight is 682 g/mol. The zero-order chi connectivity index (χ0) is 34.2. The second-order valence-corrected chi connectivity index (χ2v) is 14.8. The van der Waals surface area contributed by atoms with Gasteiger partial charge in [0.05, 0.1) is 5.41 Å². The quantitative estimate of drug-likeness (QED) is 0.200. The van der Waals surface area contributed by atoms with Crippen LogP contribution in [0.4, 0.5) is 11.4 Å². The fourth-order valence-corrected chi connectivity index (χ4v) is 9.82. The maximum Gasteiger partial charge on any atom is 0.132 e. The second-order valence-electron chi connectivity index (χ2n) is 13.7. The van der Waals surface area contributed by atoms with E-state index in [0.29, 0.717) is 0 Å². The van der Waals surface area contributed by atoms with Gasteiger partial charge in [0.2, 0.25) is 0 Å². The lowest BCUT2D eigenvalue weighted by molar-refractivity contribution is 0.436. The summed E-state index contributed by atoms with van der Waals surface area (Å²) in [5.41, 5.74) is 13.9. The third-order valence-corrected chi connectivity index (χ3v) is 12.1. The van der Waals surface area contributed by atoms with E-state index in [4.69, 9.17) is 4.74 Å². The molecule has 2 nitrogen and oxygen atoms in total. The van der Waals surface area contributed by atoms with Crippen LogP contribution in [-0.4, -0.2) is 0 Å². The fourth-order valence-electron chi connectivity index (χ4n) is 8.68. The summed E-state index contributed by atoms with van der Waals surface area (Å²) in [4.78, 5) is 0. The first kappa shape index (κ1) is 29.3. The Hall–Kier alpha value is -6.42. The summed E-state index contributed by atoms with van der Waals surface area (Å²) in [6.07, 6.45) is 0. The Balaban J connectivity index is 0.947. The van der Waals surface area contributed by atoms with Crippen LogP contribution in [0.3, 0.4) is 0 Å². The van der Waals surface area contributed by atoms with E-state index in [1.165, 1.54) is 64.7 Å². The lowest BCUT2D eigenvalue weighted by Crippen LogP contribution is -2.32. The van der Waals surface area contributed by atoms with Crippen molar-refractivity contribution in [1.82, 2.24) is 0 Å². The van der Waals surface area contributed by atoms with Crippen molar-refractivity contribution in [2.24, 2.45) is 0 Å². The minimum absolute atomic E-state index is 0.446. The Labute approximate surface area is 306 Å². The van der Waals surface area contributed by atoms with Crippen LogP contribution < -0.4 is 10.1 Å². The molecule has 244 valence electrons. The Morgan fingerprint density at radius 2 is 1.00 bits per heavy atom. The molecule has 0 saturated carbocycles. The van der Waals surface area contributed by atoms with Crippen molar-refractivity contribution in [2.75, 3.05) is 5.32 Å². The Kier molecular flexibility index (Phi) is 6.37. The van der Waals surface area contributed by atoms with Gasteiger partial charge in [0, 0.05) is 48.2 Å². The van der Waals surface area contributed by atoms with Gasteiger partial charge in [-0.15, -0.1) is 11.3 Å². The van der Waals surface area contributed by atoms with Crippen LogP contribution in [0.2, 0.25) is 0 Å². The number of fused-ring (bicyclic) bond motifs is 12. The highest BCUT2D eigenvalue weighted by Gasteiger charge is 2.50. The van der Waals surface area contributed by atoms with E-state index >= 15 is 0 Å². The summed E-state index contributed by atoms with van der Waals surface area (Å²) in [5.74, 6) is 1.80. The number of para-hydroxylation sites is 2. The summed E-state index contributed by atoms with van der Waals surface area (Å²) in [6.45, 7) is 0. The molecule has 3 heteroatoms. The minimum atomic E-state index is -0.446. The third kappa shape index (κ3) is 4.24. The molecule has 9 aromatic rings. The first-order valence-electron chi connectivity index (χ1n) is 17.8. The number of benzene rings is 8. The highest BCUT2D eigenvalue weighted by molar-refractivity contribution is 7.25. The maximum atomic E-state index is 6.75. The van der Waals surface area contributed by atoms with E-state index in [1.807, 2.05) is 11.3 Å². The monoisotopic (exact) mass is 681 g/mol. The molecule has 0 amide bonds. The molecule has 0 radical (unpaired) electrons. The van der Waals surface area contributed by atoms with Gasteiger partial charge in [-0.2, -0.15) is 0 Å². The van der Waals surface area contributed by atoms with Gasteiger partial charge in [0.15, 0.2) is 0 Å². The molecular formula is C49H31NOS. The van der Waals surface area contributed by atoms with Crippen LogP contribution in [-0.2, 0) is 5.41 Å². The van der Waals surface area contributed by atoms with Gasteiger partial charge < -0.3 is 10.1 Å². The number of nitrogens with one attached hydrogen (secondary N) is 1. The van der Waals surface area contributed by atoms with Crippen LogP contribution in [0.15, 0.2) is 182 Å². The summed E-state index contributed by atoms with van der Waals surface area (Å²) in [7, 11) is 0. The number of thiophene rings is 1. The van der Waals surface area contributed by atoms with Crippen molar-refractivity contribution in [3.63, 3.8) is 0 Å². The normalized spacial score (nSPS) is 13.3. The SMILES string of the molecule is c1ccc(-c2ccc3c(c2)sc2ccccc23)c(Nc2ccc(-c3ccc4c(c3)Oc3ccccc3C43c4ccccc4-c4ccccc43)cc2)c1. The van der Waals surface area contributed by atoms with Crippen molar-refractivity contribution < 1.29 is 4.74 Å². The molecule has 52 heavy (non-hydrogen) atoms. The van der Waals surface area contributed by atoms with Crippen molar-refractivity contribution in [2.45, 2.75) is 5.41 Å². The van der Waals surface area contributed by atoms with Crippen LogP contribution in [0.1, 0.15) is 22.3 Å². The molecule has 0 fully saturated rings. The highest BCUT2D eigenvalue weighted by atomic mass is 32.1. The van der Waals surface area contributed by atoms with E-state index in [-0.39, 0.29) is 0 Å². The number of ether oxygens (including phenoxy) is 1. The molecule has 11 rings (SSSR count). The first-order valence-corrected chi connectivity index (χ1v) is 18.6. The van der Waals surface area contributed by atoms with Crippen molar-refractivity contribution in [3.8, 4) is 44.9 Å². The van der Waals surface area contributed by atoms with Crippen LogP contribution in [0.25, 0.3) is 53.6 Å². The molecule has 1 spiro atoms. The number of hydrogen-bond acceptors (Lipinski definition) is 3.